The lowest BCUT2D eigenvalue weighted by molar-refractivity contribution is -0.385. The molecular weight excluding hydrogens is 421 g/mol. The lowest BCUT2D eigenvalue weighted by atomic mass is 9.96. The van der Waals surface area contributed by atoms with Crippen LogP contribution in [0.5, 0.6) is 0 Å². The number of rotatable bonds is 18. The number of hydrogen-bond donors (Lipinski definition) is 1. The molecule has 32 heavy (non-hydrogen) atoms. The average molecular weight is 467 g/mol. The Kier molecular flexibility index (Phi) is 13.9. The number of unbranched alkanes of at least 4 members (excludes halogenated alkanes) is 4. The molecule has 182 valence electrons. The first-order chi connectivity index (χ1) is 15.3. The lowest BCUT2D eigenvalue weighted by Crippen LogP contribution is -2.13. The van der Waals surface area contributed by atoms with Crippen LogP contribution in [0.2, 0.25) is 0 Å². The highest BCUT2D eigenvalue weighted by molar-refractivity contribution is 7.75. The maximum atomic E-state index is 12.7. The third kappa shape index (κ3) is 9.27. The van der Waals surface area contributed by atoms with Gasteiger partial charge in [-0.2, -0.15) is 0 Å². The molecule has 0 aliphatic carbocycles. The second-order valence-electron chi connectivity index (χ2n) is 9.29. The van der Waals surface area contributed by atoms with Gasteiger partial charge >= 0.3 is 0 Å². The van der Waals surface area contributed by atoms with Gasteiger partial charge in [0.1, 0.15) is 0 Å². The first-order valence-corrected chi connectivity index (χ1v) is 15.1. The number of carbonyl (C=O) groups is 1. The van der Waals surface area contributed by atoms with Gasteiger partial charge in [-0.05, 0) is 32.1 Å². The summed E-state index contributed by atoms with van der Waals surface area (Å²) >= 11 is 0. The van der Waals surface area contributed by atoms with Gasteiger partial charge < -0.3 is 5.11 Å². The van der Waals surface area contributed by atoms with Crippen LogP contribution in [0.15, 0.2) is 18.2 Å². The van der Waals surface area contributed by atoms with E-state index >= 15 is 0 Å². The maximum absolute atomic E-state index is 12.7. The molecule has 0 saturated carbocycles. The SMILES string of the molecule is CCCC[P+](CCCC)(CCCC)CCCCC(=O)c1ccc(C(C)CO)c([N+](=O)[O-])c1. The highest BCUT2D eigenvalue weighted by Crippen LogP contribution is 2.61. The Morgan fingerprint density at radius 3 is 1.97 bits per heavy atom. The summed E-state index contributed by atoms with van der Waals surface area (Å²) in [7, 11) is -0.944. The third-order valence-corrected chi connectivity index (χ3v) is 11.7. The second-order valence-corrected chi connectivity index (χ2v) is 13.8. The number of aliphatic hydroxyl groups is 1. The van der Waals surface area contributed by atoms with Crippen LogP contribution in [-0.2, 0) is 0 Å². The van der Waals surface area contributed by atoms with Crippen molar-refractivity contribution in [2.24, 2.45) is 0 Å². The van der Waals surface area contributed by atoms with Crippen LogP contribution >= 0.6 is 7.26 Å². The molecule has 0 amide bonds. The van der Waals surface area contributed by atoms with Gasteiger partial charge in [0.25, 0.3) is 5.69 Å². The van der Waals surface area contributed by atoms with Crippen LogP contribution in [0, 0.1) is 10.1 Å². The summed E-state index contributed by atoms with van der Waals surface area (Å²) in [6.45, 7) is 8.41. The average Bonchev–Trinajstić information content (AvgIpc) is 2.81. The number of nitro benzene ring substituents is 1. The van der Waals surface area contributed by atoms with Gasteiger partial charge in [-0.25, -0.2) is 0 Å². The molecule has 0 aromatic heterocycles. The summed E-state index contributed by atoms with van der Waals surface area (Å²) in [4.78, 5) is 23.8. The van der Waals surface area contributed by atoms with Crippen molar-refractivity contribution in [1.29, 1.82) is 0 Å². The maximum Gasteiger partial charge on any atom is 0.273 e. The number of benzene rings is 1. The van der Waals surface area contributed by atoms with Gasteiger partial charge in [0.2, 0.25) is 0 Å². The van der Waals surface area contributed by atoms with Crippen LogP contribution in [0.4, 0.5) is 5.69 Å². The molecule has 1 aromatic rings. The van der Waals surface area contributed by atoms with E-state index in [-0.39, 0.29) is 24.0 Å². The van der Waals surface area contributed by atoms with E-state index in [1.807, 2.05) is 0 Å². The zero-order valence-corrected chi connectivity index (χ0v) is 21.7. The smallest absolute Gasteiger partial charge is 0.273 e. The van der Waals surface area contributed by atoms with E-state index < -0.39 is 12.2 Å². The Labute approximate surface area is 195 Å². The van der Waals surface area contributed by atoms with E-state index in [1.165, 1.54) is 69.2 Å². The predicted molar refractivity (Wildman–Crippen MR) is 138 cm³/mol. The lowest BCUT2D eigenvalue weighted by Gasteiger charge is -2.28. The van der Waals surface area contributed by atoms with Crippen LogP contribution in [-0.4, -0.2) is 47.1 Å². The number of carbonyl (C=O) groups excluding carboxylic acids is 1. The summed E-state index contributed by atoms with van der Waals surface area (Å²) in [6.07, 6.45) is 15.6. The minimum absolute atomic E-state index is 0.0177. The van der Waals surface area contributed by atoms with Gasteiger partial charge in [-0.15, -0.1) is 0 Å². The van der Waals surface area contributed by atoms with E-state index in [9.17, 15) is 20.0 Å². The molecule has 0 spiro atoms. The Balaban J connectivity index is 2.78. The van der Waals surface area contributed by atoms with E-state index in [4.69, 9.17) is 0 Å². The largest absolute Gasteiger partial charge is 0.396 e. The summed E-state index contributed by atoms with van der Waals surface area (Å²) in [5, 5.41) is 20.8. The Morgan fingerprint density at radius 1 is 0.969 bits per heavy atom. The van der Waals surface area contributed by atoms with E-state index in [1.54, 1.807) is 19.1 Å². The summed E-state index contributed by atoms with van der Waals surface area (Å²) in [5.41, 5.74) is 0.821. The fourth-order valence-electron chi connectivity index (χ4n) is 4.42. The van der Waals surface area contributed by atoms with Gasteiger partial charge in [0.15, 0.2) is 5.78 Å². The Hall–Kier alpha value is -1.32. The van der Waals surface area contributed by atoms with Crippen LogP contribution < -0.4 is 0 Å². The highest BCUT2D eigenvalue weighted by atomic mass is 31.2. The Bertz CT molecular complexity index is 685. The van der Waals surface area contributed by atoms with E-state index in [0.29, 0.717) is 17.5 Å². The standard InChI is InChI=1S/C26H45NO4P/c1-5-8-16-32(17-9-6-2,18-10-7-3)19-12-11-13-26(29)23-14-15-24(22(4)21-28)25(20-23)27(30)31/h14-15,20,22,28H,5-13,16-19,21H2,1-4H3/q+1. The molecule has 0 aliphatic rings. The molecule has 1 rings (SSSR count). The molecule has 0 radical (unpaired) electrons. The van der Waals surface area contributed by atoms with Crippen molar-refractivity contribution >= 4 is 18.7 Å². The van der Waals surface area contributed by atoms with Crippen molar-refractivity contribution in [3.63, 3.8) is 0 Å². The molecule has 0 heterocycles. The molecule has 1 unspecified atom stereocenters. The van der Waals surface area contributed by atoms with Crippen molar-refractivity contribution in [1.82, 2.24) is 0 Å². The molecule has 1 atom stereocenters. The van der Waals surface area contributed by atoms with Crippen molar-refractivity contribution in [3.05, 3.63) is 39.4 Å². The molecule has 0 fully saturated rings. The minimum Gasteiger partial charge on any atom is -0.396 e. The van der Waals surface area contributed by atoms with Crippen molar-refractivity contribution in [2.75, 3.05) is 31.3 Å². The fourth-order valence-corrected chi connectivity index (χ4v) is 9.62. The number of nitrogens with zero attached hydrogens (tertiary/aromatic N) is 1. The van der Waals surface area contributed by atoms with Gasteiger partial charge in [0, 0.05) is 43.4 Å². The fraction of sp³-hybridized carbons (Fsp3) is 0.731. The first-order valence-electron chi connectivity index (χ1n) is 12.6. The summed E-state index contributed by atoms with van der Waals surface area (Å²) < 4.78 is 0. The third-order valence-electron chi connectivity index (χ3n) is 6.60. The van der Waals surface area contributed by atoms with Gasteiger partial charge in [0.05, 0.1) is 29.6 Å². The normalized spacial score (nSPS) is 12.7. The molecule has 6 heteroatoms. The summed E-state index contributed by atoms with van der Waals surface area (Å²) in [5.74, 6) is -0.345. The quantitative estimate of drug-likeness (QED) is 0.0800. The van der Waals surface area contributed by atoms with Crippen LogP contribution in [0.1, 0.15) is 107 Å². The molecule has 0 aliphatic heterocycles. The van der Waals surface area contributed by atoms with E-state index in [2.05, 4.69) is 20.8 Å². The number of ketones is 1. The van der Waals surface area contributed by atoms with Crippen molar-refractivity contribution in [3.8, 4) is 0 Å². The molecule has 0 bridgehead atoms. The molecule has 0 saturated heterocycles. The number of aliphatic hydroxyl groups excluding tert-OH is 1. The topological polar surface area (TPSA) is 80.4 Å². The van der Waals surface area contributed by atoms with Gasteiger partial charge in [-0.3, -0.25) is 14.9 Å². The minimum atomic E-state index is -0.944. The molecule has 1 N–H and O–H groups in total. The molecule has 5 nitrogen and oxygen atoms in total. The first kappa shape index (κ1) is 28.7. The molecular formula is C26H45NO4P+. The Morgan fingerprint density at radius 2 is 1.50 bits per heavy atom. The van der Waals surface area contributed by atoms with Crippen LogP contribution in [0.25, 0.3) is 0 Å². The van der Waals surface area contributed by atoms with Gasteiger partial charge in [-0.1, -0.05) is 59.1 Å². The van der Waals surface area contributed by atoms with E-state index in [0.717, 1.165) is 12.8 Å². The highest BCUT2D eigenvalue weighted by Gasteiger charge is 2.34. The predicted octanol–water partition coefficient (Wildman–Crippen LogP) is 7.46. The number of nitro groups is 1. The second kappa shape index (κ2) is 15.5. The summed E-state index contributed by atoms with van der Waals surface area (Å²) in [6, 6.07) is 4.70. The van der Waals surface area contributed by atoms with Crippen LogP contribution in [0.3, 0.4) is 0 Å². The zero-order valence-electron chi connectivity index (χ0n) is 20.8. The zero-order chi connectivity index (χ0) is 24.0. The van der Waals surface area contributed by atoms with Crippen molar-refractivity contribution in [2.45, 2.75) is 91.4 Å². The number of Topliss-reactive ketones (excluding diaryl/α,β-unsaturated/α-hetero) is 1. The molecule has 1 aromatic carbocycles. The monoisotopic (exact) mass is 466 g/mol. The van der Waals surface area contributed by atoms with Crippen molar-refractivity contribution < 1.29 is 14.8 Å². The number of hydrogen-bond acceptors (Lipinski definition) is 4.